The zero-order chi connectivity index (χ0) is 16.4. The number of nitrogens with one attached hydrogen (secondary N) is 1. The number of pyridine rings is 1. The van der Waals surface area contributed by atoms with Crippen LogP contribution in [0.2, 0.25) is 0 Å². The highest BCUT2D eigenvalue weighted by atomic mass is 16.2. The summed E-state index contributed by atoms with van der Waals surface area (Å²) in [7, 11) is 0. The molecule has 2 aromatic carbocycles. The van der Waals surface area contributed by atoms with Crippen molar-refractivity contribution in [1.82, 2.24) is 9.99 Å². The first-order chi connectivity index (χ1) is 11.1. The summed E-state index contributed by atoms with van der Waals surface area (Å²) in [6.45, 7) is 2.59. The van der Waals surface area contributed by atoms with Crippen LogP contribution in [0.1, 0.15) is 21.5 Å². The number of aryl methyl sites for hydroxylation is 1. The molecule has 0 spiro atoms. The van der Waals surface area contributed by atoms with Gasteiger partial charge in [-0.3, -0.25) is 15.0 Å². The van der Waals surface area contributed by atoms with Crippen molar-refractivity contribution < 1.29 is 4.79 Å². The number of carbonyl (C=O) groups excluding carboxylic acids is 1. The number of aromatic nitrogens is 1. The second-order valence-corrected chi connectivity index (χ2v) is 5.48. The summed E-state index contributed by atoms with van der Waals surface area (Å²) >= 11 is 0. The summed E-state index contributed by atoms with van der Waals surface area (Å²) in [6.07, 6.45) is 1.56. The Hall–Kier alpha value is -2.92. The first-order valence-electron chi connectivity index (χ1n) is 7.29. The molecular weight excluding hydrogens is 290 g/mol. The predicted octanol–water partition coefficient (Wildman–Crippen LogP) is 1.96. The SMILES string of the molecule is Cc1ccc(Cn2cc(C(=O)NN)c(=O)c3ccccc32)cc1. The number of hydrogen-bond acceptors (Lipinski definition) is 3. The second kappa shape index (κ2) is 6.06. The minimum absolute atomic E-state index is 0.0401. The number of nitrogens with two attached hydrogens (primary N) is 1. The number of hydrogen-bond donors (Lipinski definition) is 2. The van der Waals surface area contributed by atoms with E-state index in [1.165, 1.54) is 5.56 Å². The van der Waals surface area contributed by atoms with Gasteiger partial charge in [-0.1, -0.05) is 42.0 Å². The van der Waals surface area contributed by atoms with E-state index in [9.17, 15) is 9.59 Å². The number of hydrazine groups is 1. The molecule has 0 saturated carbocycles. The van der Waals surface area contributed by atoms with Crippen molar-refractivity contribution in [2.24, 2.45) is 5.84 Å². The molecule has 1 heterocycles. The number of nitrogens with zero attached hydrogens (tertiary/aromatic N) is 1. The van der Waals surface area contributed by atoms with E-state index in [4.69, 9.17) is 5.84 Å². The first-order valence-corrected chi connectivity index (χ1v) is 7.29. The Morgan fingerprint density at radius 3 is 2.52 bits per heavy atom. The van der Waals surface area contributed by atoms with Crippen LogP contribution in [-0.2, 0) is 6.54 Å². The van der Waals surface area contributed by atoms with Crippen LogP contribution < -0.4 is 16.7 Å². The number of amides is 1. The topological polar surface area (TPSA) is 77.1 Å². The second-order valence-electron chi connectivity index (χ2n) is 5.48. The highest BCUT2D eigenvalue weighted by Gasteiger charge is 2.14. The molecule has 0 bridgehead atoms. The third kappa shape index (κ3) is 2.86. The normalized spacial score (nSPS) is 10.7. The maximum absolute atomic E-state index is 12.4. The van der Waals surface area contributed by atoms with Crippen LogP contribution in [-0.4, -0.2) is 10.5 Å². The Kier molecular flexibility index (Phi) is 3.95. The number of para-hydroxylation sites is 1. The minimum Gasteiger partial charge on any atom is -0.342 e. The van der Waals surface area contributed by atoms with Gasteiger partial charge in [0.25, 0.3) is 5.91 Å². The van der Waals surface area contributed by atoms with Gasteiger partial charge in [0.05, 0.1) is 5.52 Å². The molecule has 5 nitrogen and oxygen atoms in total. The lowest BCUT2D eigenvalue weighted by Gasteiger charge is -2.13. The van der Waals surface area contributed by atoms with Gasteiger partial charge in [0, 0.05) is 18.1 Å². The van der Waals surface area contributed by atoms with E-state index in [-0.39, 0.29) is 11.0 Å². The van der Waals surface area contributed by atoms with Gasteiger partial charge >= 0.3 is 0 Å². The van der Waals surface area contributed by atoms with E-state index in [0.29, 0.717) is 11.9 Å². The van der Waals surface area contributed by atoms with Crippen molar-refractivity contribution in [2.45, 2.75) is 13.5 Å². The lowest BCUT2D eigenvalue weighted by Crippen LogP contribution is -2.34. The number of nitrogen functional groups attached to an aromatic ring is 1. The summed E-state index contributed by atoms with van der Waals surface area (Å²) in [5.74, 6) is 4.60. The molecule has 0 atom stereocenters. The molecule has 23 heavy (non-hydrogen) atoms. The average molecular weight is 307 g/mol. The number of fused-ring (bicyclic) bond motifs is 1. The van der Waals surface area contributed by atoms with E-state index in [0.717, 1.165) is 11.1 Å². The summed E-state index contributed by atoms with van der Waals surface area (Å²) < 4.78 is 1.89. The van der Waals surface area contributed by atoms with E-state index < -0.39 is 5.91 Å². The molecule has 5 heteroatoms. The summed E-state index contributed by atoms with van der Waals surface area (Å²) in [4.78, 5) is 24.3. The Bertz CT molecular complexity index is 927. The quantitative estimate of drug-likeness (QED) is 0.441. The van der Waals surface area contributed by atoms with Gasteiger partial charge in [-0.25, -0.2) is 5.84 Å². The Morgan fingerprint density at radius 1 is 1.13 bits per heavy atom. The van der Waals surface area contributed by atoms with Crippen molar-refractivity contribution in [3.63, 3.8) is 0 Å². The molecule has 1 amide bonds. The summed E-state index contributed by atoms with van der Waals surface area (Å²) in [5.41, 5.74) is 4.81. The zero-order valence-electron chi connectivity index (χ0n) is 12.7. The molecular formula is C18H17N3O2. The van der Waals surface area contributed by atoms with Gasteiger partial charge in [-0.15, -0.1) is 0 Å². The van der Waals surface area contributed by atoms with Gasteiger partial charge in [0.1, 0.15) is 5.56 Å². The third-order valence-corrected chi connectivity index (χ3v) is 3.84. The van der Waals surface area contributed by atoms with E-state index in [1.807, 2.05) is 53.3 Å². The Morgan fingerprint density at radius 2 is 1.83 bits per heavy atom. The van der Waals surface area contributed by atoms with Crippen molar-refractivity contribution >= 4 is 16.8 Å². The standard InChI is InChI=1S/C18H17N3O2/c1-12-6-8-13(9-7-12)10-21-11-15(18(23)20-19)17(22)14-4-2-3-5-16(14)21/h2-9,11H,10,19H2,1H3,(H,20,23). The predicted molar refractivity (Wildman–Crippen MR) is 90.1 cm³/mol. The van der Waals surface area contributed by atoms with Crippen LogP contribution in [0.4, 0.5) is 0 Å². The van der Waals surface area contributed by atoms with Gasteiger partial charge in [-0.05, 0) is 24.6 Å². The molecule has 0 fully saturated rings. The van der Waals surface area contributed by atoms with Gasteiger partial charge in [0.15, 0.2) is 0 Å². The Labute approximate surface area is 133 Å². The average Bonchev–Trinajstić information content (AvgIpc) is 2.58. The summed E-state index contributed by atoms with van der Waals surface area (Å²) in [6, 6.07) is 15.4. The Balaban J connectivity index is 2.18. The smallest absolute Gasteiger partial charge is 0.270 e. The molecule has 0 radical (unpaired) electrons. The van der Waals surface area contributed by atoms with Crippen LogP contribution in [0, 0.1) is 6.92 Å². The molecule has 0 aliphatic heterocycles. The molecule has 0 aliphatic carbocycles. The first kappa shape index (κ1) is 15.0. The third-order valence-electron chi connectivity index (χ3n) is 3.84. The van der Waals surface area contributed by atoms with Crippen molar-refractivity contribution in [2.75, 3.05) is 0 Å². The van der Waals surface area contributed by atoms with E-state index in [2.05, 4.69) is 0 Å². The van der Waals surface area contributed by atoms with Crippen LogP contribution in [0.15, 0.2) is 59.5 Å². The highest BCUT2D eigenvalue weighted by Crippen LogP contribution is 2.14. The molecule has 3 rings (SSSR count). The monoisotopic (exact) mass is 307 g/mol. The summed E-state index contributed by atoms with van der Waals surface area (Å²) in [5, 5.41) is 0.501. The number of rotatable bonds is 3. The van der Waals surface area contributed by atoms with Crippen molar-refractivity contribution in [3.8, 4) is 0 Å². The maximum atomic E-state index is 12.4. The zero-order valence-corrected chi connectivity index (χ0v) is 12.7. The van der Waals surface area contributed by atoms with Gasteiger partial charge in [0.2, 0.25) is 5.43 Å². The maximum Gasteiger partial charge on any atom is 0.270 e. The fraction of sp³-hybridized carbons (Fsp3) is 0.111. The molecule has 3 N–H and O–H groups in total. The molecule has 116 valence electrons. The van der Waals surface area contributed by atoms with Crippen LogP contribution in [0.5, 0.6) is 0 Å². The van der Waals surface area contributed by atoms with Crippen LogP contribution in [0.3, 0.4) is 0 Å². The molecule has 1 aromatic heterocycles. The minimum atomic E-state index is -0.585. The van der Waals surface area contributed by atoms with Crippen molar-refractivity contribution in [1.29, 1.82) is 0 Å². The number of benzene rings is 2. The van der Waals surface area contributed by atoms with Gasteiger partial charge < -0.3 is 4.57 Å². The van der Waals surface area contributed by atoms with Gasteiger partial charge in [-0.2, -0.15) is 0 Å². The van der Waals surface area contributed by atoms with Crippen LogP contribution in [0.25, 0.3) is 10.9 Å². The molecule has 0 aliphatic rings. The number of carbonyl (C=O) groups is 1. The fourth-order valence-corrected chi connectivity index (χ4v) is 2.61. The van der Waals surface area contributed by atoms with E-state index >= 15 is 0 Å². The highest BCUT2D eigenvalue weighted by molar-refractivity contribution is 5.96. The van der Waals surface area contributed by atoms with Crippen molar-refractivity contribution in [3.05, 3.63) is 81.6 Å². The van der Waals surface area contributed by atoms with E-state index in [1.54, 1.807) is 18.3 Å². The largest absolute Gasteiger partial charge is 0.342 e. The molecule has 3 aromatic rings. The fourth-order valence-electron chi connectivity index (χ4n) is 2.61. The lowest BCUT2D eigenvalue weighted by atomic mass is 10.1. The molecule has 0 saturated heterocycles. The molecule has 0 unspecified atom stereocenters. The van der Waals surface area contributed by atoms with Crippen LogP contribution >= 0.6 is 0 Å². The lowest BCUT2D eigenvalue weighted by molar-refractivity contribution is 0.0952.